The molecule has 90 valence electrons. The van der Waals surface area contributed by atoms with Gasteiger partial charge in [-0.2, -0.15) is 23.1 Å². The van der Waals surface area contributed by atoms with Crippen molar-refractivity contribution in [1.82, 2.24) is 4.90 Å². The molecule has 0 radical (unpaired) electrons. The molecule has 0 aromatic carbocycles. The molecular formula is C12H20N2S2. The maximum atomic E-state index is 6.16. The van der Waals surface area contributed by atoms with Gasteiger partial charge in [0, 0.05) is 30.1 Å². The van der Waals surface area contributed by atoms with E-state index in [4.69, 9.17) is 5.73 Å². The summed E-state index contributed by atoms with van der Waals surface area (Å²) >= 11 is 3.83. The first-order chi connectivity index (χ1) is 7.68. The third-order valence-corrected chi connectivity index (χ3v) is 4.89. The van der Waals surface area contributed by atoms with E-state index in [0.717, 1.165) is 18.3 Å². The van der Waals surface area contributed by atoms with Gasteiger partial charge in [-0.15, -0.1) is 0 Å². The van der Waals surface area contributed by atoms with E-state index >= 15 is 0 Å². The average Bonchev–Trinajstić information content (AvgIpc) is 2.71. The Morgan fingerprint density at radius 3 is 2.94 bits per heavy atom. The molecule has 2 nitrogen and oxygen atoms in total. The van der Waals surface area contributed by atoms with Crippen LogP contribution in [0.2, 0.25) is 0 Å². The normalized spacial score (nSPS) is 26.6. The van der Waals surface area contributed by atoms with Crippen LogP contribution in [0, 0.1) is 0 Å². The van der Waals surface area contributed by atoms with Crippen LogP contribution in [0.25, 0.3) is 0 Å². The summed E-state index contributed by atoms with van der Waals surface area (Å²) in [6.45, 7) is 6.75. The summed E-state index contributed by atoms with van der Waals surface area (Å²) in [5, 5.41) is 5.11. The van der Waals surface area contributed by atoms with E-state index < -0.39 is 0 Å². The van der Waals surface area contributed by atoms with E-state index in [1.807, 2.05) is 0 Å². The number of thiophene rings is 1. The van der Waals surface area contributed by atoms with E-state index in [0.29, 0.717) is 6.04 Å². The van der Waals surface area contributed by atoms with Crippen molar-refractivity contribution in [2.75, 3.05) is 18.8 Å². The lowest BCUT2D eigenvalue weighted by molar-refractivity contribution is 0.185. The van der Waals surface area contributed by atoms with Crippen LogP contribution < -0.4 is 5.73 Å². The molecule has 0 amide bonds. The molecule has 0 saturated carbocycles. The number of hydrogen-bond donors (Lipinski definition) is 1. The number of thioether (sulfide) groups is 1. The highest BCUT2D eigenvalue weighted by Gasteiger charge is 2.28. The predicted molar refractivity (Wildman–Crippen MR) is 74.2 cm³/mol. The molecule has 16 heavy (non-hydrogen) atoms. The Morgan fingerprint density at radius 2 is 2.38 bits per heavy atom. The van der Waals surface area contributed by atoms with Crippen LogP contribution in [0.15, 0.2) is 16.8 Å². The Hall–Kier alpha value is -0.0300. The smallest absolute Gasteiger partial charge is 0.0505 e. The van der Waals surface area contributed by atoms with Crippen molar-refractivity contribution in [3.05, 3.63) is 22.4 Å². The molecule has 4 heteroatoms. The van der Waals surface area contributed by atoms with Gasteiger partial charge >= 0.3 is 0 Å². The molecule has 1 aliphatic rings. The summed E-state index contributed by atoms with van der Waals surface area (Å²) in [7, 11) is 0. The van der Waals surface area contributed by atoms with E-state index in [9.17, 15) is 0 Å². The number of nitrogens with two attached hydrogens (primary N) is 1. The molecule has 3 unspecified atom stereocenters. The van der Waals surface area contributed by atoms with Crippen molar-refractivity contribution in [1.29, 1.82) is 0 Å². The molecule has 1 fully saturated rings. The number of nitrogens with zero attached hydrogens (tertiary/aromatic N) is 1. The zero-order valence-corrected chi connectivity index (χ0v) is 11.6. The lowest BCUT2D eigenvalue weighted by Crippen LogP contribution is -2.45. The van der Waals surface area contributed by atoms with Gasteiger partial charge in [-0.3, -0.25) is 4.90 Å². The Morgan fingerprint density at radius 1 is 1.56 bits per heavy atom. The van der Waals surface area contributed by atoms with Gasteiger partial charge in [0.2, 0.25) is 0 Å². The van der Waals surface area contributed by atoms with Gasteiger partial charge < -0.3 is 5.73 Å². The Kier molecular flexibility index (Phi) is 4.30. The monoisotopic (exact) mass is 256 g/mol. The van der Waals surface area contributed by atoms with Gasteiger partial charge in [-0.05, 0) is 29.3 Å². The van der Waals surface area contributed by atoms with E-state index in [-0.39, 0.29) is 6.04 Å². The highest BCUT2D eigenvalue weighted by molar-refractivity contribution is 7.99. The first kappa shape index (κ1) is 12.4. The van der Waals surface area contributed by atoms with Gasteiger partial charge in [0.25, 0.3) is 0 Å². The third kappa shape index (κ3) is 2.80. The zero-order chi connectivity index (χ0) is 11.5. The second-order valence-electron chi connectivity index (χ2n) is 4.54. The molecule has 0 spiro atoms. The fourth-order valence-corrected chi connectivity index (χ4v) is 4.12. The van der Waals surface area contributed by atoms with Gasteiger partial charge in [-0.1, -0.05) is 6.92 Å². The molecule has 1 saturated heterocycles. The van der Waals surface area contributed by atoms with Gasteiger partial charge in [-0.25, -0.2) is 0 Å². The van der Waals surface area contributed by atoms with E-state index in [1.54, 1.807) is 11.3 Å². The maximum absolute atomic E-state index is 6.16. The average molecular weight is 256 g/mol. The fraction of sp³-hybridized carbons (Fsp3) is 0.667. The van der Waals surface area contributed by atoms with Crippen LogP contribution in [-0.2, 0) is 0 Å². The highest BCUT2D eigenvalue weighted by atomic mass is 32.2. The van der Waals surface area contributed by atoms with Crippen molar-refractivity contribution in [3.63, 3.8) is 0 Å². The van der Waals surface area contributed by atoms with Crippen molar-refractivity contribution in [3.8, 4) is 0 Å². The molecule has 1 aromatic rings. The summed E-state index contributed by atoms with van der Waals surface area (Å²) in [5.74, 6) is 1.23. The van der Waals surface area contributed by atoms with Crippen LogP contribution in [0.5, 0.6) is 0 Å². The fourth-order valence-electron chi connectivity index (χ4n) is 2.39. The quantitative estimate of drug-likeness (QED) is 0.901. The minimum absolute atomic E-state index is 0.199. The topological polar surface area (TPSA) is 29.3 Å². The summed E-state index contributed by atoms with van der Waals surface area (Å²) in [6, 6.07) is 2.81. The number of hydrogen-bond acceptors (Lipinski definition) is 4. The van der Waals surface area contributed by atoms with Crippen molar-refractivity contribution in [2.45, 2.75) is 31.2 Å². The third-order valence-electron chi connectivity index (χ3n) is 3.05. The minimum atomic E-state index is 0.199. The SMILES string of the molecule is CC1CN(C(c2ccsc2)C(C)N)CCS1. The van der Waals surface area contributed by atoms with Crippen LogP contribution in [-0.4, -0.2) is 35.0 Å². The van der Waals surface area contributed by atoms with E-state index in [1.165, 1.54) is 11.3 Å². The molecule has 2 N–H and O–H groups in total. The Bertz CT molecular complexity index is 311. The maximum Gasteiger partial charge on any atom is 0.0505 e. The molecule has 1 aliphatic heterocycles. The van der Waals surface area contributed by atoms with Gasteiger partial charge in [0.05, 0.1) is 6.04 Å². The second-order valence-corrected chi connectivity index (χ2v) is 6.86. The molecule has 0 aliphatic carbocycles. The highest BCUT2D eigenvalue weighted by Crippen LogP contribution is 2.30. The molecule has 1 aromatic heterocycles. The largest absolute Gasteiger partial charge is 0.326 e. The zero-order valence-electron chi connectivity index (χ0n) is 9.93. The lowest BCUT2D eigenvalue weighted by Gasteiger charge is -2.38. The summed E-state index contributed by atoms with van der Waals surface area (Å²) in [6.07, 6.45) is 0. The Labute approximate surface area is 106 Å². The predicted octanol–water partition coefficient (Wildman–Crippen LogP) is 2.57. The number of rotatable bonds is 3. The first-order valence-corrected chi connectivity index (χ1v) is 7.81. The molecule has 0 bridgehead atoms. The van der Waals surface area contributed by atoms with Crippen molar-refractivity contribution < 1.29 is 0 Å². The van der Waals surface area contributed by atoms with Crippen LogP contribution in [0.4, 0.5) is 0 Å². The molecule has 3 atom stereocenters. The minimum Gasteiger partial charge on any atom is -0.326 e. The van der Waals surface area contributed by atoms with E-state index in [2.05, 4.69) is 47.3 Å². The van der Waals surface area contributed by atoms with Crippen LogP contribution in [0.3, 0.4) is 0 Å². The van der Waals surface area contributed by atoms with Crippen molar-refractivity contribution >= 4 is 23.1 Å². The van der Waals surface area contributed by atoms with Crippen LogP contribution >= 0.6 is 23.1 Å². The molecular weight excluding hydrogens is 236 g/mol. The summed E-state index contributed by atoms with van der Waals surface area (Å²) < 4.78 is 0. The Balaban J connectivity index is 2.13. The van der Waals surface area contributed by atoms with Gasteiger partial charge in [0.15, 0.2) is 0 Å². The summed E-state index contributed by atoms with van der Waals surface area (Å²) in [4.78, 5) is 2.55. The first-order valence-electron chi connectivity index (χ1n) is 5.82. The second kappa shape index (κ2) is 5.54. The summed E-state index contributed by atoms with van der Waals surface area (Å²) in [5.41, 5.74) is 7.55. The van der Waals surface area contributed by atoms with Gasteiger partial charge in [0.1, 0.15) is 0 Å². The molecule has 2 rings (SSSR count). The molecule has 2 heterocycles. The van der Waals surface area contributed by atoms with Crippen LogP contribution in [0.1, 0.15) is 25.5 Å². The van der Waals surface area contributed by atoms with Crippen molar-refractivity contribution in [2.24, 2.45) is 5.73 Å². The standard InChI is InChI=1S/C12H20N2S2/c1-9-7-14(4-6-16-9)12(10(2)13)11-3-5-15-8-11/h3,5,8-10,12H,4,6-7,13H2,1-2H3. The lowest BCUT2D eigenvalue weighted by atomic mass is 10.0.